The zero-order valence-corrected chi connectivity index (χ0v) is 20.2. The third-order valence-electron chi connectivity index (χ3n) is 8.53. The van der Waals surface area contributed by atoms with Gasteiger partial charge in [0.1, 0.15) is 5.75 Å². The molecule has 0 spiro atoms. The minimum atomic E-state index is -0.0317. The predicted octanol–water partition coefficient (Wildman–Crippen LogP) is 4.73. The summed E-state index contributed by atoms with van der Waals surface area (Å²) >= 11 is -0.0317. The van der Waals surface area contributed by atoms with E-state index in [1.165, 1.54) is 24.0 Å². The molecule has 2 N–H and O–H groups in total. The van der Waals surface area contributed by atoms with Crippen molar-refractivity contribution in [3.63, 3.8) is 0 Å². The summed E-state index contributed by atoms with van der Waals surface area (Å²) in [6.07, 6.45) is 6.78. The van der Waals surface area contributed by atoms with Gasteiger partial charge in [-0.2, -0.15) is 0 Å². The fraction of sp³-hybridized carbons (Fsp3) is 0.481. The van der Waals surface area contributed by atoms with Crippen molar-refractivity contribution in [3.8, 4) is 10.7 Å². The van der Waals surface area contributed by atoms with E-state index in [2.05, 4.69) is 23.3 Å². The molecule has 0 bridgehead atoms. The molecule has 0 radical (unpaired) electrons. The van der Waals surface area contributed by atoms with Crippen LogP contribution in [0.15, 0.2) is 42.5 Å². The summed E-state index contributed by atoms with van der Waals surface area (Å²) in [6.45, 7) is 2.41. The molecule has 2 fully saturated rings. The van der Waals surface area contributed by atoms with Crippen LogP contribution in [0.1, 0.15) is 72.0 Å². The van der Waals surface area contributed by atoms with Gasteiger partial charge >= 0.3 is 150 Å². The Hall–Kier alpha value is -2.28. The molecule has 3 aliphatic rings. The molecule has 2 saturated carbocycles. The van der Waals surface area contributed by atoms with Gasteiger partial charge in [-0.15, -0.1) is 0 Å². The van der Waals surface area contributed by atoms with Crippen LogP contribution in [0.2, 0.25) is 0 Å². The Balaban J connectivity index is 1.29. The number of aryl methyl sites for hydroxylation is 1. The van der Waals surface area contributed by atoms with Crippen molar-refractivity contribution < 1.29 is 9.90 Å². The van der Waals surface area contributed by atoms with Crippen molar-refractivity contribution in [3.05, 3.63) is 64.7 Å². The summed E-state index contributed by atoms with van der Waals surface area (Å²) in [6, 6.07) is 14.0. The molecule has 0 saturated heterocycles. The number of amides is 1. The average Bonchev–Trinajstić information content (AvgIpc) is 3.13. The molecule has 2 aromatic rings. The van der Waals surface area contributed by atoms with Gasteiger partial charge in [0.25, 0.3) is 0 Å². The molecule has 4 nitrogen and oxygen atoms in total. The Morgan fingerprint density at radius 3 is 2.78 bits per heavy atom. The minimum absolute atomic E-state index is 0.0285. The van der Waals surface area contributed by atoms with Gasteiger partial charge in [-0.1, -0.05) is 6.07 Å². The van der Waals surface area contributed by atoms with Gasteiger partial charge in [0, 0.05) is 0 Å². The summed E-state index contributed by atoms with van der Waals surface area (Å²) in [5.41, 5.74) is 4.77. The molecule has 5 heteroatoms. The van der Waals surface area contributed by atoms with Gasteiger partial charge < -0.3 is 5.11 Å². The Kier molecular flexibility index (Phi) is 5.78. The van der Waals surface area contributed by atoms with Crippen LogP contribution in [0.4, 0.5) is 0 Å². The number of phenols is 1. The summed E-state index contributed by atoms with van der Waals surface area (Å²) in [4.78, 5) is 15.3. The molecule has 32 heavy (non-hydrogen) atoms. The van der Waals surface area contributed by atoms with E-state index in [0.29, 0.717) is 29.1 Å². The number of rotatable bonds is 4. The molecule has 0 aromatic heterocycles. The quantitative estimate of drug-likeness (QED) is 0.605. The van der Waals surface area contributed by atoms with E-state index in [-0.39, 0.29) is 32.3 Å². The molecule has 1 amide bonds. The second kappa shape index (κ2) is 8.58. The number of carbonyl (C=O) groups is 1. The van der Waals surface area contributed by atoms with Crippen LogP contribution in [-0.2, 0) is 11.7 Å². The van der Waals surface area contributed by atoms with Crippen LogP contribution in [-0.4, -0.2) is 32.0 Å². The van der Waals surface area contributed by atoms with Crippen molar-refractivity contribution in [2.24, 2.45) is 17.3 Å². The summed E-state index contributed by atoms with van der Waals surface area (Å²) in [5.74, 6) is 2.32. The first kappa shape index (κ1) is 21.6. The van der Waals surface area contributed by atoms with Crippen molar-refractivity contribution in [1.82, 2.24) is 5.32 Å². The van der Waals surface area contributed by atoms with Crippen molar-refractivity contribution in [2.45, 2.75) is 62.7 Å². The number of phenolic OH excluding ortho intramolecular Hbond substituents is 1. The number of nitriles is 1. The van der Waals surface area contributed by atoms with E-state index in [4.69, 9.17) is 5.26 Å². The third kappa shape index (κ3) is 3.74. The van der Waals surface area contributed by atoms with Crippen LogP contribution in [0.25, 0.3) is 0 Å². The molecule has 1 unspecified atom stereocenters. The van der Waals surface area contributed by atoms with Gasteiger partial charge in [-0.25, -0.2) is 0 Å². The number of hydrogen-bond acceptors (Lipinski definition) is 3. The number of hydrogen-bond donors (Lipinski definition) is 2. The summed E-state index contributed by atoms with van der Waals surface area (Å²) in [5, 5.41) is 22.9. The fourth-order valence-corrected chi connectivity index (χ4v) is 7.80. The zero-order valence-electron chi connectivity index (χ0n) is 18.5. The second-order valence-corrected chi connectivity index (χ2v) is 11.6. The van der Waals surface area contributed by atoms with Gasteiger partial charge in [-0.05, 0) is 29.7 Å². The maximum absolute atomic E-state index is 13.0. The number of carbonyl (C=O) groups excluding carboxylic acids is 1. The normalized spacial score (nSPS) is 30.5. The fourth-order valence-electron chi connectivity index (χ4n) is 6.92. The predicted molar refractivity (Wildman–Crippen MR) is 125 cm³/mol. The Morgan fingerprint density at radius 2 is 2.00 bits per heavy atom. The number of aromatic hydroxyl groups is 1. The molecular weight excluding hydrogens is 463 g/mol. The average molecular weight is 494 g/mol. The first-order chi connectivity index (χ1) is 15.5. The molecular formula is C27H30N2O2Se. The number of nitrogens with zero attached hydrogens (tertiary/aromatic N) is 1. The summed E-state index contributed by atoms with van der Waals surface area (Å²) < 4.78 is 0. The topological polar surface area (TPSA) is 73.1 Å². The van der Waals surface area contributed by atoms with Crippen molar-refractivity contribution >= 4 is 20.9 Å². The zero-order chi connectivity index (χ0) is 22.3. The molecule has 0 heterocycles. The molecule has 5 atom stereocenters. The Labute approximate surface area is 196 Å². The monoisotopic (exact) mass is 494 g/mol. The molecule has 0 aliphatic heterocycles. The van der Waals surface area contributed by atoms with E-state index in [1.807, 2.05) is 36.4 Å². The Bertz CT molecular complexity index is 1060. The van der Waals surface area contributed by atoms with Crippen molar-refractivity contribution in [2.75, 3.05) is 0 Å². The van der Waals surface area contributed by atoms with Crippen LogP contribution in [0, 0.1) is 27.5 Å². The standard InChI is InChI=1S/C27H30N2O2Se/c1-27-13-12-22-21-9-7-20(30)14-19(21)6-8-23(22)24(27)10-11-25(27)29-26(31)18-4-2-17(3-5-18)15-32-16-28/h2-5,7,9,14,22-25,30H,6,8,10-13,15H2,1H3,(H,29,31)/t22-,23-,24+,25?,27+/m1/s1. The number of nitrogens with one attached hydrogen (secondary N) is 1. The van der Waals surface area contributed by atoms with Crippen LogP contribution in [0.5, 0.6) is 5.75 Å². The van der Waals surface area contributed by atoms with E-state index >= 15 is 0 Å². The van der Waals surface area contributed by atoms with Crippen LogP contribution < -0.4 is 5.32 Å². The van der Waals surface area contributed by atoms with Crippen molar-refractivity contribution in [1.29, 1.82) is 5.26 Å². The van der Waals surface area contributed by atoms with Gasteiger partial charge in [0.2, 0.25) is 0 Å². The van der Waals surface area contributed by atoms with Gasteiger partial charge in [0.05, 0.1) is 0 Å². The summed E-state index contributed by atoms with van der Waals surface area (Å²) in [7, 11) is 0. The molecule has 3 aliphatic carbocycles. The number of benzene rings is 2. The van der Waals surface area contributed by atoms with Gasteiger partial charge in [-0.3, -0.25) is 0 Å². The first-order valence-corrected chi connectivity index (χ1v) is 13.8. The van der Waals surface area contributed by atoms with Crippen LogP contribution >= 0.6 is 0 Å². The molecule has 2 aromatic carbocycles. The van der Waals surface area contributed by atoms with E-state index in [1.54, 1.807) is 0 Å². The van der Waals surface area contributed by atoms with Crippen LogP contribution in [0.3, 0.4) is 0 Å². The SMILES string of the molecule is C[C@]12CC[C@@H]3c4ccc(O)cc4CC[C@H]3[C@@H]1CCC2NC(=O)c1ccc(C[Se]C#N)cc1. The van der Waals surface area contributed by atoms with E-state index in [9.17, 15) is 9.90 Å². The second-order valence-electron chi connectivity index (χ2n) is 10.0. The van der Waals surface area contributed by atoms with E-state index in [0.717, 1.165) is 36.6 Å². The van der Waals surface area contributed by atoms with Gasteiger partial charge in [0.15, 0.2) is 0 Å². The molecule has 5 rings (SSSR count). The third-order valence-corrected chi connectivity index (χ3v) is 9.81. The first-order valence-electron chi connectivity index (χ1n) is 11.7. The Morgan fingerprint density at radius 1 is 1.19 bits per heavy atom. The van der Waals surface area contributed by atoms with E-state index < -0.39 is 0 Å². The molecule has 166 valence electrons. The number of fused-ring (bicyclic) bond motifs is 5. The maximum atomic E-state index is 13.0.